The van der Waals surface area contributed by atoms with E-state index in [1.165, 1.54) is 4.90 Å². The van der Waals surface area contributed by atoms with Gasteiger partial charge in [-0.1, -0.05) is 60.7 Å². The van der Waals surface area contributed by atoms with Gasteiger partial charge in [-0.2, -0.15) is 0 Å². The second-order valence-corrected chi connectivity index (χ2v) is 10.9. The molecule has 1 fully saturated rings. The summed E-state index contributed by atoms with van der Waals surface area (Å²) in [5.74, 6) is 0.317. The topological polar surface area (TPSA) is 91.0 Å². The largest absolute Gasteiger partial charge is 0.457 e. The SMILES string of the molecule is CN[C@@H](C)C(=O)N[C@@H](Cc1ccc(Oc2ccccc2)cc1)C(=O)N1CCC[C@H]1CN(CCc1ccccc1)C(=O)CF. The van der Waals surface area contributed by atoms with Gasteiger partial charge in [0.25, 0.3) is 5.91 Å². The fourth-order valence-corrected chi connectivity index (χ4v) is 5.26. The molecule has 0 aliphatic carbocycles. The predicted octanol–water partition coefficient (Wildman–Crippen LogP) is 4.15. The molecule has 9 heteroatoms. The number of hydrogen-bond acceptors (Lipinski definition) is 5. The molecule has 3 atom stereocenters. The summed E-state index contributed by atoms with van der Waals surface area (Å²) >= 11 is 0. The second-order valence-electron chi connectivity index (χ2n) is 10.9. The summed E-state index contributed by atoms with van der Waals surface area (Å²) in [6, 6.07) is 25.1. The van der Waals surface area contributed by atoms with Crippen molar-refractivity contribution in [3.63, 3.8) is 0 Å². The van der Waals surface area contributed by atoms with Crippen molar-refractivity contribution in [2.24, 2.45) is 0 Å². The molecule has 1 aliphatic heterocycles. The van der Waals surface area contributed by atoms with Gasteiger partial charge >= 0.3 is 0 Å². The van der Waals surface area contributed by atoms with Crippen LogP contribution in [0.4, 0.5) is 4.39 Å². The Bertz CT molecular complexity index is 1320. The van der Waals surface area contributed by atoms with Gasteiger partial charge in [0.2, 0.25) is 11.8 Å². The Labute approximate surface area is 253 Å². The van der Waals surface area contributed by atoms with Crippen LogP contribution in [0.15, 0.2) is 84.9 Å². The van der Waals surface area contributed by atoms with Crippen LogP contribution in [0.3, 0.4) is 0 Å². The molecule has 3 amide bonds. The van der Waals surface area contributed by atoms with E-state index in [1.54, 1.807) is 18.9 Å². The molecular formula is C34H41FN4O4. The van der Waals surface area contributed by atoms with Crippen molar-refractivity contribution in [3.8, 4) is 11.5 Å². The highest BCUT2D eigenvalue weighted by atomic mass is 19.1. The second kappa shape index (κ2) is 15.8. The molecular weight excluding hydrogens is 547 g/mol. The summed E-state index contributed by atoms with van der Waals surface area (Å²) < 4.78 is 19.4. The quantitative estimate of drug-likeness (QED) is 0.295. The van der Waals surface area contributed by atoms with E-state index in [0.717, 1.165) is 23.3 Å². The molecule has 1 heterocycles. The lowest BCUT2D eigenvalue weighted by Gasteiger charge is -2.33. The van der Waals surface area contributed by atoms with Crippen molar-refractivity contribution in [2.45, 2.75) is 50.7 Å². The first kappa shape index (κ1) is 31.7. The van der Waals surface area contributed by atoms with Crippen LogP contribution in [0, 0.1) is 0 Å². The lowest BCUT2D eigenvalue weighted by molar-refractivity contribution is -0.139. The molecule has 2 N–H and O–H groups in total. The fraction of sp³-hybridized carbons (Fsp3) is 0.382. The van der Waals surface area contributed by atoms with Gasteiger partial charge in [0.05, 0.1) is 6.04 Å². The summed E-state index contributed by atoms with van der Waals surface area (Å²) in [4.78, 5) is 42.7. The Hall–Kier alpha value is -4.24. The Morgan fingerprint density at radius 1 is 0.953 bits per heavy atom. The van der Waals surface area contributed by atoms with Gasteiger partial charge in [-0.3, -0.25) is 14.4 Å². The zero-order valence-corrected chi connectivity index (χ0v) is 24.9. The first-order valence-corrected chi connectivity index (χ1v) is 14.9. The normalized spacial score (nSPS) is 15.9. The number of nitrogens with zero attached hydrogens (tertiary/aromatic N) is 2. The monoisotopic (exact) mass is 588 g/mol. The predicted molar refractivity (Wildman–Crippen MR) is 165 cm³/mol. The average molecular weight is 589 g/mol. The summed E-state index contributed by atoms with van der Waals surface area (Å²) in [7, 11) is 1.69. The number of alkyl halides is 1. The number of hydrogen-bond donors (Lipinski definition) is 2. The van der Waals surface area contributed by atoms with Crippen LogP contribution in [-0.2, 0) is 27.2 Å². The molecule has 0 aromatic heterocycles. The van der Waals surface area contributed by atoms with Crippen LogP contribution in [0.5, 0.6) is 11.5 Å². The van der Waals surface area contributed by atoms with E-state index < -0.39 is 24.7 Å². The number of carbonyl (C=O) groups excluding carboxylic acids is 3. The zero-order valence-electron chi connectivity index (χ0n) is 24.9. The van der Waals surface area contributed by atoms with Crippen molar-refractivity contribution in [1.29, 1.82) is 0 Å². The van der Waals surface area contributed by atoms with Gasteiger partial charge in [0.15, 0.2) is 6.67 Å². The van der Waals surface area contributed by atoms with Crippen LogP contribution in [0.1, 0.15) is 30.9 Å². The molecule has 3 aromatic carbocycles. The molecule has 0 bridgehead atoms. The minimum absolute atomic E-state index is 0.209. The van der Waals surface area contributed by atoms with Crippen molar-refractivity contribution < 1.29 is 23.5 Å². The number of ether oxygens (including phenoxy) is 1. The third-order valence-electron chi connectivity index (χ3n) is 7.85. The van der Waals surface area contributed by atoms with E-state index in [2.05, 4.69) is 10.6 Å². The summed E-state index contributed by atoms with van der Waals surface area (Å²) in [6.07, 6.45) is 2.35. The van der Waals surface area contributed by atoms with Gasteiger partial charge in [0, 0.05) is 32.1 Å². The number of carbonyl (C=O) groups is 3. The maximum Gasteiger partial charge on any atom is 0.254 e. The van der Waals surface area contributed by atoms with Crippen LogP contribution >= 0.6 is 0 Å². The first-order chi connectivity index (χ1) is 20.9. The third-order valence-corrected chi connectivity index (χ3v) is 7.85. The fourth-order valence-electron chi connectivity index (χ4n) is 5.26. The van der Waals surface area contributed by atoms with Crippen molar-refractivity contribution in [3.05, 3.63) is 96.1 Å². The lowest BCUT2D eigenvalue weighted by atomic mass is 10.0. The molecule has 1 aliphatic rings. The van der Waals surface area contributed by atoms with Crippen LogP contribution in [0.2, 0.25) is 0 Å². The Morgan fingerprint density at radius 2 is 1.60 bits per heavy atom. The molecule has 1 saturated heterocycles. The number of nitrogens with one attached hydrogen (secondary N) is 2. The van der Waals surface area contributed by atoms with Gasteiger partial charge in [-0.15, -0.1) is 0 Å². The number of amides is 3. The third kappa shape index (κ3) is 9.12. The lowest BCUT2D eigenvalue weighted by Crippen LogP contribution is -2.55. The Kier molecular flexibility index (Phi) is 11.7. The van der Waals surface area contributed by atoms with Crippen molar-refractivity contribution in [2.75, 3.05) is 33.4 Å². The molecule has 43 heavy (non-hydrogen) atoms. The molecule has 4 rings (SSSR count). The van der Waals surface area contributed by atoms with E-state index in [1.807, 2.05) is 84.9 Å². The molecule has 8 nitrogen and oxygen atoms in total. The van der Waals surface area contributed by atoms with Crippen LogP contribution < -0.4 is 15.4 Å². The number of likely N-dealkylation sites (tertiary alicyclic amines) is 1. The highest BCUT2D eigenvalue weighted by Gasteiger charge is 2.36. The minimum atomic E-state index is -1.08. The number of benzene rings is 3. The van der Waals surface area contributed by atoms with E-state index in [0.29, 0.717) is 31.7 Å². The van der Waals surface area contributed by atoms with E-state index in [-0.39, 0.29) is 30.8 Å². The summed E-state index contributed by atoms with van der Waals surface area (Å²) in [5.41, 5.74) is 1.92. The standard InChI is InChI=1S/C34H41FN4O4/c1-25(36-2)33(41)37-31(22-27-15-17-30(18-16-27)43-29-13-7-4-8-14-29)34(42)39-20-9-12-28(39)24-38(32(40)23-35)21-19-26-10-5-3-6-11-26/h3-8,10-11,13-18,25,28,31,36H,9,12,19-24H2,1-2H3,(H,37,41)/t25-,28-,31-/m0/s1. The Balaban J connectivity index is 1.47. The van der Waals surface area contributed by atoms with Gasteiger partial charge < -0.3 is 25.2 Å². The average Bonchev–Trinajstić information content (AvgIpc) is 3.51. The van der Waals surface area contributed by atoms with E-state index in [9.17, 15) is 18.8 Å². The summed E-state index contributed by atoms with van der Waals surface area (Å²) in [6.45, 7) is 1.78. The number of para-hydroxylation sites is 1. The van der Waals surface area contributed by atoms with Crippen LogP contribution in [0.25, 0.3) is 0 Å². The maximum atomic E-state index is 14.0. The van der Waals surface area contributed by atoms with E-state index in [4.69, 9.17) is 4.74 Å². The smallest absolute Gasteiger partial charge is 0.254 e. The van der Waals surface area contributed by atoms with Crippen molar-refractivity contribution in [1.82, 2.24) is 20.4 Å². The molecule has 3 aromatic rings. The highest BCUT2D eigenvalue weighted by molar-refractivity contribution is 5.90. The maximum absolute atomic E-state index is 14.0. The van der Waals surface area contributed by atoms with E-state index >= 15 is 0 Å². The molecule has 0 unspecified atom stereocenters. The Morgan fingerprint density at radius 3 is 2.26 bits per heavy atom. The molecule has 0 radical (unpaired) electrons. The molecule has 0 spiro atoms. The molecule has 228 valence electrons. The number of rotatable bonds is 14. The van der Waals surface area contributed by atoms with Gasteiger partial charge in [0.1, 0.15) is 17.5 Å². The number of likely N-dealkylation sites (N-methyl/N-ethyl adjacent to an activating group) is 1. The van der Waals surface area contributed by atoms with Crippen molar-refractivity contribution >= 4 is 17.7 Å². The first-order valence-electron chi connectivity index (χ1n) is 14.9. The summed E-state index contributed by atoms with van der Waals surface area (Å²) in [5, 5.41) is 5.86. The van der Waals surface area contributed by atoms with Gasteiger partial charge in [-0.25, -0.2) is 4.39 Å². The zero-order chi connectivity index (χ0) is 30.6. The molecule has 0 saturated carbocycles. The van der Waals surface area contributed by atoms with Gasteiger partial charge in [-0.05, 0) is 68.6 Å². The van der Waals surface area contributed by atoms with Crippen LogP contribution in [-0.4, -0.2) is 79.0 Å². The number of halogens is 1. The minimum Gasteiger partial charge on any atom is -0.457 e. The highest BCUT2D eigenvalue weighted by Crippen LogP contribution is 2.24.